The van der Waals surface area contributed by atoms with Crippen molar-refractivity contribution in [2.45, 2.75) is 52.4 Å². The molecule has 11 aromatic carbocycles. The molecule has 0 aliphatic heterocycles. The van der Waals surface area contributed by atoms with Crippen molar-refractivity contribution in [1.82, 2.24) is 4.57 Å². The number of anilines is 3. The first-order chi connectivity index (χ1) is 36.0. The highest BCUT2D eigenvalue weighted by Crippen LogP contribution is 2.48. The van der Waals surface area contributed by atoms with E-state index < -0.39 is 0 Å². The Labute approximate surface area is 436 Å². The summed E-state index contributed by atoms with van der Waals surface area (Å²) < 4.78 is 2.39. The van der Waals surface area contributed by atoms with Gasteiger partial charge >= 0.3 is 0 Å². The molecule has 12 aromatic rings. The molecule has 2 nitrogen and oxygen atoms in total. The summed E-state index contributed by atoms with van der Waals surface area (Å²) in [5, 5.41) is 4.93. The molecule has 12 rings (SSSR count). The fourth-order valence-corrected chi connectivity index (χ4v) is 11.0. The Bertz CT molecular complexity index is 3980. The van der Waals surface area contributed by atoms with Gasteiger partial charge in [-0.1, -0.05) is 242 Å². The normalized spacial score (nSPS) is 11.9. The van der Waals surface area contributed by atoms with Crippen LogP contribution >= 0.6 is 0 Å². The van der Waals surface area contributed by atoms with Crippen LogP contribution in [0.15, 0.2) is 255 Å². The summed E-state index contributed by atoms with van der Waals surface area (Å²) in [7, 11) is 0. The second kappa shape index (κ2) is 18.7. The minimum Gasteiger partial charge on any atom is -0.309 e. The Kier molecular flexibility index (Phi) is 11.7. The van der Waals surface area contributed by atoms with Crippen LogP contribution in [0.25, 0.3) is 93.9 Å². The number of aromatic nitrogens is 1. The second-order valence-corrected chi connectivity index (χ2v) is 21.8. The number of fused-ring (bicyclic) bond motifs is 4. The van der Waals surface area contributed by atoms with Crippen molar-refractivity contribution >= 4 is 49.6 Å². The van der Waals surface area contributed by atoms with E-state index in [2.05, 4.69) is 306 Å². The predicted molar refractivity (Wildman–Crippen MR) is 318 cm³/mol. The average Bonchev–Trinajstić information content (AvgIpc) is 3.77. The van der Waals surface area contributed by atoms with Crippen molar-refractivity contribution in [2.75, 3.05) is 4.90 Å². The zero-order valence-corrected chi connectivity index (χ0v) is 43.1. The number of benzene rings is 11. The first-order valence-electron chi connectivity index (χ1n) is 26.0. The van der Waals surface area contributed by atoms with Crippen molar-refractivity contribution in [1.29, 1.82) is 0 Å². The minimum absolute atomic E-state index is 0.0207. The van der Waals surface area contributed by atoms with Crippen LogP contribution in [0.2, 0.25) is 0 Å². The van der Waals surface area contributed by atoms with Gasteiger partial charge in [-0.15, -0.1) is 0 Å². The smallest absolute Gasteiger partial charge is 0.0541 e. The third-order valence-corrected chi connectivity index (χ3v) is 14.9. The molecule has 0 unspecified atom stereocenters. The van der Waals surface area contributed by atoms with Crippen molar-refractivity contribution in [3.8, 4) is 61.3 Å². The van der Waals surface area contributed by atoms with Gasteiger partial charge in [0.1, 0.15) is 0 Å². The maximum Gasteiger partial charge on any atom is 0.0541 e. The van der Waals surface area contributed by atoms with Gasteiger partial charge in [-0.25, -0.2) is 0 Å². The molecular formula is C72H60N2. The number of hydrogen-bond donors (Lipinski definition) is 0. The van der Waals surface area contributed by atoms with Crippen LogP contribution in [0.3, 0.4) is 0 Å². The number of hydrogen-bond acceptors (Lipinski definition) is 1. The molecule has 358 valence electrons. The van der Waals surface area contributed by atoms with Gasteiger partial charge in [0.05, 0.1) is 22.4 Å². The van der Waals surface area contributed by atoms with Crippen molar-refractivity contribution in [3.05, 3.63) is 266 Å². The number of nitrogens with zero attached hydrogens (tertiary/aromatic N) is 2. The highest BCUT2D eigenvalue weighted by Gasteiger charge is 2.25. The average molecular weight is 953 g/mol. The molecule has 0 saturated carbocycles. The predicted octanol–water partition coefficient (Wildman–Crippen LogP) is 20.3. The van der Waals surface area contributed by atoms with Crippen LogP contribution in [-0.2, 0) is 10.8 Å². The van der Waals surface area contributed by atoms with Gasteiger partial charge in [-0.05, 0) is 132 Å². The van der Waals surface area contributed by atoms with E-state index in [1.807, 2.05) is 0 Å². The van der Waals surface area contributed by atoms with Crippen LogP contribution in [-0.4, -0.2) is 4.57 Å². The molecule has 0 spiro atoms. The molecule has 1 heterocycles. The van der Waals surface area contributed by atoms with Gasteiger partial charge in [-0.3, -0.25) is 0 Å². The van der Waals surface area contributed by atoms with E-state index in [0.717, 1.165) is 45.0 Å². The Balaban J connectivity index is 1.07. The molecule has 1 aromatic heterocycles. The molecule has 0 amide bonds. The summed E-state index contributed by atoms with van der Waals surface area (Å²) in [5.74, 6) is 0. The summed E-state index contributed by atoms with van der Waals surface area (Å²) in [6.45, 7) is 13.9. The maximum atomic E-state index is 2.50. The first kappa shape index (κ1) is 46.4. The molecule has 0 aliphatic carbocycles. The molecule has 0 atom stereocenters. The van der Waals surface area contributed by atoms with Crippen LogP contribution in [0, 0.1) is 0 Å². The van der Waals surface area contributed by atoms with Crippen LogP contribution in [0.5, 0.6) is 0 Å². The summed E-state index contributed by atoms with van der Waals surface area (Å²) >= 11 is 0. The van der Waals surface area contributed by atoms with Gasteiger partial charge in [0, 0.05) is 33.3 Å². The van der Waals surface area contributed by atoms with Gasteiger partial charge < -0.3 is 9.47 Å². The second-order valence-electron chi connectivity index (χ2n) is 21.8. The van der Waals surface area contributed by atoms with Crippen LogP contribution < -0.4 is 4.90 Å². The van der Waals surface area contributed by atoms with Gasteiger partial charge in [0.25, 0.3) is 0 Å². The summed E-state index contributed by atoms with van der Waals surface area (Å²) in [5.41, 5.74) is 21.3. The van der Waals surface area contributed by atoms with Crippen molar-refractivity contribution in [3.63, 3.8) is 0 Å². The third-order valence-electron chi connectivity index (χ3n) is 14.9. The lowest BCUT2D eigenvalue weighted by molar-refractivity contribution is 0.569. The molecule has 0 aliphatic rings. The molecule has 0 bridgehead atoms. The van der Waals surface area contributed by atoms with Crippen LogP contribution in [0.1, 0.15) is 52.7 Å². The lowest BCUT2D eigenvalue weighted by atomic mass is 9.78. The molecule has 0 radical (unpaired) electrons. The Morgan fingerprint density at radius 3 is 1.51 bits per heavy atom. The summed E-state index contributed by atoms with van der Waals surface area (Å²) in [6, 6.07) is 94.1. The largest absolute Gasteiger partial charge is 0.309 e. The number of rotatable bonds is 9. The van der Waals surface area contributed by atoms with E-state index in [1.54, 1.807) is 0 Å². The summed E-state index contributed by atoms with van der Waals surface area (Å²) in [6.07, 6.45) is 0. The molecule has 0 saturated heterocycles. The Morgan fingerprint density at radius 2 is 0.811 bits per heavy atom. The minimum atomic E-state index is -0.0207. The number of para-hydroxylation sites is 4. The molecule has 0 N–H and O–H groups in total. The van der Waals surface area contributed by atoms with E-state index in [-0.39, 0.29) is 10.8 Å². The molecule has 74 heavy (non-hydrogen) atoms. The highest BCUT2D eigenvalue weighted by atomic mass is 15.1. The lowest BCUT2D eigenvalue weighted by Gasteiger charge is -2.30. The van der Waals surface area contributed by atoms with E-state index in [4.69, 9.17) is 0 Å². The SMILES string of the molecule is CC(C)(C)c1cc(-c2cccc3cccc(-c4ccccc4N(c4cccc(-c5ccc6c(c5)c5ccccc5n6-c5ccccc5)c4)c4ccccc4-c4ccc(-c5ccccc5)cc4)c23)cc(C(C)(C)C)c1. The molecule has 2 heteroatoms. The monoisotopic (exact) mass is 952 g/mol. The fraction of sp³-hybridized carbons (Fsp3) is 0.111. The highest BCUT2D eigenvalue weighted by molar-refractivity contribution is 6.11. The van der Waals surface area contributed by atoms with Gasteiger partial charge in [0.15, 0.2) is 0 Å². The maximum absolute atomic E-state index is 2.50. The van der Waals surface area contributed by atoms with Crippen molar-refractivity contribution < 1.29 is 0 Å². The first-order valence-corrected chi connectivity index (χ1v) is 26.0. The van der Waals surface area contributed by atoms with E-state index in [0.29, 0.717) is 0 Å². The van der Waals surface area contributed by atoms with E-state index in [9.17, 15) is 0 Å². The summed E-state index contributed by atoms with van der Waals surface area (Å²) in [4.78, 5) is 2.50. The van der Waals surface area contributed by atoms with E-state index >= 15 is 0 Å². The third kappa shape index (κ3) is 8.57. The van der Waals surface area contributed by atoms with Gasteiger partial charge in [0.2, 0.25) is 0 Å². The Morgan fingerprint density at radius 1 is 0.311 bits per heavy atom. The van der Waals surface area contributed by atoms with E-state index in [1.165, 1.54) is 77.1 Å². The Hall–Kier alpha value is -8.72. The quantitative estimate of drug-likeness (QED) is 0.140. The zero-order valence-electron chi connectivity index (χ0n) is 43.1. The van der Waals surface area contributed by atoms with Crippen molar-refractivity contribution in [2.24, 2.45) is 0 Å². The standard InChI is InChI=1S/C72H60N2/c1-71(2,3)56-44-55(45-57(48-56)72(4,5)6)61-33-20-24-52-25-21-34-64(70(52)61)62-31-14-17-36-67(62)74(66-35-16-13-30-60(66)51-40-38-50(39-41-51)49-22-9-7-10-23-49)59-29-19-26-53(46-59)54-42-43-69-65(47-54)63-32-15-18-37-68(63)73(69)58-27-11-8-12-28-58/h7-48H,1-6H3. The lowest BCUT2D eigenvalue weighted by Crippen LogP contribution is -2.16. The molecule has 0 fully saturated rings. The van der Waals surface area contributed by atoms with Gasteiger partial charge in [-0.2, -0.15) is 0 Å². The van der Waals surface area contributed by atoms with Crippen LogP contribution in [0.4, 0.5) is 17.1 Å². The fourth-order valence-electron chi connectivity index (χ4n) is 11.0. The molecular weight excluding hydrogens is 893 g/mol. The zero-order chi connectivity index (χ0) is 50.6. The topological polar surface area (TPSA) is 8.17 Å².